The van der Waals surface area contributed by atoms with E-state index in [0.29, 0.717) is 17.7 Å². The van der Waals surface area contributed by atoms with Gasteiger partial charge in [-0.15, -0.1) is 0 Å². The number of rotatable bonds is 16. The van der Waals surface area contributed by atoms with Crippen molar-refractivity contribution in [1.29, 1.82) is 0 Å². The summed E-state index contributed by atoms with van der Waals surface area (Å²) in [4.78, 5) is 57.0. The summed E-state index contributed by atoms with van der Waals surface area (Å²) in [5.41, 5.74) is 6.86. The molecule has 6 N–H and O–H groups in total. The van der Waals surface area contributed by atoms with Crippen molar-refractivity contribution in [3.63, 3.8) is 0 Å². The topological polar surface area (TPSA) is 199 Å². The van der Waals surface area contributed by atoms with E-state index in [9.17, 15) is 24.3 Å². The molecule has 2 aromatic heterocycles. The zero-order valence-corrected chi connectivity index (χ0v) is 26.6. The summed E-state index contributed by atoms with van der Waals surface area (Å²) < 4.78 is 0. The molecule has 48 heavy (non-hydrogen) atoms. The van der Waals surface area contributed by atoms with Gasteiger partial charge in [-0.25, -0.2) is 0 Å². The number of ketones is 1. The van der Waals surface area contributed by atoms with Gasteiger partial charge in [0.15, 0.2) is 5.78 Å². The molecule has 0 aliphatic carbocycles. The Morgan fingerprint density at radius 1 is 0.750 bits per heavy atom. The quantitative estimate of drug-likeness (QED) is 0.0965. The SMILES string of the molecule is Cc1c(CC(=O)c2ccc(CN[C@H](CO)C(=O)O)cn2)cccc1-c1cccc(NC(=O)c2ccc(CC[C@H](CO)C(=O)O)cn2)c1C. The van der Waals surface area contributed by atoms with Crippen LogP contribution in [0.4, 0.5) is 5.69 Å². The van der Waals surface area contributed by atoms with Crippen LogP contribution in [0.1, 0.15) is 55.2 Å². The number of amides is 1. The van der Waals surface area contributed by atoms with Crippen molar-refractivity contribution < 1.29 is 39.6 Å². The minimum absolute atomic E-state index is 0.115. The Morgan fingerprint density at radius 3 is 2.00 bits per heavy atom. The van der Waals surface area contributed by atoms with Crippen LogP contribution in [0.2, 0.25) is 0 Å². The monoisotopic (exact) mass is 654 g/mol. The van der Waals surface area contributed by atoms with Crippen LogP contribution in [-0.4, -0.2) is 73.3 Å². The van der Waals surface area contributed by atoms with Crippen LogP contribution in [0.25, 0.3) is 11.1 Å². The maximum atomic E-state index is 13.2. The molecule has 0 bridgehead atoms. The van der Waals surface area contributed by atoms with Gasteiger partial charge in [-0.05, 0) is 83.8 Å². The second kappa shape index (κ2) is 16.5. The van der Waals surface area contributed by atoms with Crippen LogP contribution in [0.5, 0.6) is 0 Å². The highest BCUT2D eigenvalue weighted by Gasteiger charge is 2.19. The molecule has 0 aliphatic heterocycles. The Bertz CT molecular complexity index is 1640. The third kappa shape index (κ3) is 8.94. The molecule has 0 unspecified atom stereocenters. The molecule has 250 valence electrons. The van der Waals surface area contributed by atoms with E-state index in [0.717, 1.165) is 33.4 Å². The lowest BCUT2D eigenvalue weighted by atomic mass is 9.91. The highest BCUT2D eigenvalue weighted by molar-refractivity contribution is 6.04. The van der Waals surface area contributed by atoms with Crippen molar-refractivity contribution in [3.05, 3.63) is 112 Å². The predicted octanol–water partition coefficient (Wildman–Crippen LogP) is 3.60. The number of carbonyl (C=O) groups is 4. The van der Waals surface area contributed by atoms with Crippen LogP contribution >= 0.6 is 0 Å². The van der Waals surface area contributed by atoms with Gasteiger partial charge in [0.25, 0.3) is 5.91 Å². The Morgan fingerprint density at radius 2 is 1.40 bits per heavy atom. The highest BCUT2D eigenvalue weighted by atomic mass is 16.4. The van der Waals surface area contributed by atoms with Gasteiger partial charge < -0.3 is 25.7 Å². The molecule has 0 saturated carbocycles. The lowest BCUT2D eigenvalue weighted by Crippen LogP contribution is -2.39. The summed E-state index contributed by atoms with van der Waals surface area (Å²) in [6, 6.07) is 16.8. The summed E-state index contributed by atoms with van der Waals surface area (Å²) in [5, 5.41) is 42.2. The molecule has 2 aromatic carbocycles. The number of carboxylic acid groups (broad SMARTS) is 2. The number of carboxylic acids is 2. The lowest BCUT2D eigenvalue weighted by molar-refractivity contribution is -0.143. The van der Waals surface area contributed by atoms with Crippen LogP contribution < -0.4 is 10.6 Å². The molecule has 0 aliphatic rings. The van der Waals surface area contributed by atoms with Crippen LogP contribution in [-0.2, 0) is 29.0 Å². The first-order valence-electron chi connectivity index (χ1n) is 15.4. The van der Waals surface area contributed by atoms with E-state index in [-0.39, 0.29) is 36.6 Å². The number of hydrogen-bond acceptors (Lipinski definition) is 9. The maximum absolute atomic E-state index is 13.2. The van der Waals surface area contributed by atoms with Crippen molar-refractivity contribution in [2.75, 3.05) is 18.5 Å². The summed E-state index contributed by atoms with van der Waals surface area (Å²) >= 11 is 0. The number of aliphatic hydroxyl groups excluding tert-OH is 2. The molecule has 4 rings (SSSR count). The van der Waals surface area contributed by atoms with E-state index in [1.165, 1.54) is 12.4 Å². The summed E-state index contributed by atoms with van der Waals surface area (Å²) in [7, 11) is 0. The van der Waals surface area contributed by atoms with Crippen LogP contribution in [0.15, 0.2) is 73.1 Å². The highest BCUT2D eigenvalue weighted by Crippen LogP contribution is 2.32. The number of Topliss-reactive ketones (excluding diaryl/α,β-unsaturated/α-hetero) is 1. The third-order valence-corrected chi connectivity index (χ3v) is 8.22. The molecular weight excluding hydrogens is 616 g/mol. The van der Waals surface area contributed by atoms with Gasteiger partial charge >= 0.3 is 11.9 Å². The zero-order valence-electron chi connectivity index (χ0n) is 26.6. The fraction of sp³-hybridized carbons (Fsp3) is 0.278. The average Bonchev–Trinajstić information content (AvgIpc) is 3.07. The Hall–Kier alpha value is -5.30. The number of nitrogens with one attached hydrogen (secondary N) is 2. The molecule has 1 amide bonds. The number of hydrogen-bond donors (Lipinski definition) is 6. The van der Waals surface area contributed by atoms with Gasteiger partial charge in [0, 0.05) is 31.0 Å². The van der Waals surface area contributed by atoms with Crippen LogP contribution in [0, 0.1) is 19.8 Å². The average molecular weight is 655 g/mol. The van der Waals surface area contributed by atoms with Gasteiger partial charge in [-0.1, -0.05) is 42.5 Å². The second-order valence-corrected chi connectivity index (χ2v) is 11.4. The summed E-state index contributed by atoms with van der Waals surface area (Å²) in [5.74, 6) is -3.65. The molecule has 4 aromatic rings. The molecule has 0 radical (unpaired) electrons. The number of nitrogens with zero attached hydrogens (tertiary/aromatic N) is 2. The normalized spacial score (nSPS) is 12.2. The summed E-state index contributed by atoms with van der Waals surface area (Å²) in [6.45, 7) is 3.02. The number of aromatic nitrogens is 2. The Kier molecular flexibility index (Phi) is 12.2. The molecule has 0 spiro atoms. The first-order chi connectivity index (χ1) is 23.0. The molecular formula is C36H38N4O8. The van der Waals surface area contributed by atoms with Gasteiger partial charge in [0.05, 0.1) is 19.1 Å². The van der Waals surface area contributed by atoms with Gasteiger partial charge in [-0.3, -0.25) is 34.5 Å². The predicted molar refractivity (Wildman–Crippen MR) is 178 cm³/mol. The number of aliphatic hydroxyl groups is 2. The number of pyridine rings is 2. The largest absolute Gasteiger partial charge is 0.481 e. The van der Waals surface area contributed by atoms with E-state index < -0.39 is 43.0 Å². The van der Waals surface area contributed by atoms with Crippen molar-refractivity contribution in [3.8, 4) is 11.1 Å². The van der Waals surface area contributed by atoms with Crippen molar-refractivity contribution in [1.82, 2.24) is 15.3 Å². The van der Waals surface area contributed by atoms with Gasteiger partial charge in [-0.2, -0.15) is 0 Å². The fourth-order valence-corrected chi connectivity index (χ4v) is 5.18. The lowest BCUT2D eigenvalue weighted by Gasteiger charge is -2.16. The number of aliphatic carboxylic acids is 2. The fourth-order valence-electron chi connectivity index (χ4n) is 5.18. The van der Waals surface area contributed by atoms with E-state index in [1.54, 1.807) is 30.3 Å². The minimum atomic E-state index is -1.16. The van der Waals surface area contributed by atoms with Crippen LogP contribution in [0.3, 0.4) is 0 Å². The number of carbonyl (C=O) groups excluding carboxylic acids is 2. The van der Waals surface area contributed by atoms with E-state index >= 15 is 0 Å². The van der Waals surface area contributed by atoms with Crippen molar-refractivity contribution in [2.45, 2.75) is 45.7 Å². The smallest absolute Gasteiger partial charge is 0.323 e. The standard InChI is InChI=1S/C36H38N4O8/c1-21-25(15-33(43)30-13-11-24(17-37-30)18-39-32(20-42)36(47)48)5-3-6-27(21)28-7-4-8-29(22(28)2)40-34(44)31-14-10-23(16-38-31)9-12-26(19-41)35(45)46/h3-8,10-11,13-14,16-17,26,32,39,41-42H,9,12,15,18-20H2,1-2H3,(H,40,44)(H,45,46)(H,47,48)/t26-,32-/m1/s1. The molecule has 2 heterocycles. The summed E-state index contributed by atoms with van der Waals surface area (Å²) in [6.07, 6.45) is 3.81. The van der Waals surface area contributed by atoms with E-state index in [4.69, 9.17) is 15.3 Å². The molecule has 2 atom stereocenters. The zero-order chi connectivity index (χ0) is 34.8. The van der Waals surface area contributed by atoms with E-state index in [2.05, 4.69) is 20.6 Å². The van der Waals surface area contributed by atoms with E-state index in [1.807, 2.05) is 44.2 Å². The Labute approximate surface area is 277 Å². The molecule has 12 nitrogen and oxygen atoms in total. The first kappa shape index (κ1) is 35.6. The number of anilines is 1. The number of benzene rings is 2. The second-order valence-electron chi connectivity index (χ2n) is 11.4. The van der Waals surface area contributed by atoms with Crippen molar-refractivity contribution >= 4 is 29.3 Å². The number of aryl methyl sites for hydroxylation is 1. The van der Waals surface area contributed by atoms with Gasteiger partial charge in [0.1, 0.15) is 17.4 Å². The van der Waals surface area contributed by atoms with Crippen molar-refractivity contribution in [2.24, 2.45) is 5.92 Å². The third-order valence-electron chi connectivity index (χ3n) is 8.22. The molecule has 0 saturated heterocycles. The van der Waals surface area contributed by atoms with Gasteiger partial charge in [0.2, 0.25) is 0 Å². The first-order valence-corrected chi connectivity index (χ1v) is 15.4. The molecule has 0 fully saturated rings. The Balaban J connectivity index is 1.43. The minimum Gasteiger partial charge on any atom is -0.481 e. The maximum Gasteiger partial charge on any atom is 0.323 e. The molecule has 12 heteroatoms.